The van der Waals surface area contributed by atoms with E-state index in [-0.39, 0.29) is 37.1 Å². The number of aliphatic imine (C=N–C) groups is 1. The number of rotatable bonds is 7. The second-order valence-corrected chi connectivity index (χ2v) is 7.15. The Morgan fingerprint density at radius 1 is 1.44 bits per heavy atom. The fourth-order valence-electron chi connectivity index (χ4n) is 2.23. The van der Waals surface area contributed by atoms with Gasteiger partial charge in [-0.15, -0.1) is 35.3 Å². The first-order valence-corrected chi connectivity index (χ1v) is 9.27. The predicted molar refractivity (Wildman–Crippen MR) is 117 cm³/mol. The number of nitrogens with zero attached hydrogens (tertiary/aromatic N) is 1. The van der Waals surface area contributed by atoms with Crippen LogP contribution in [0.1, 0.15) is 39.8 Å². The minimum absolute atomic E-state index is 0. The van der Waals surface area contributed by atoms with E-state index in [9.17, 15) is 9.90 Å². The van der Waals surface area contributed by atoms with Crippen molar-refractivity contribution < 1.29 is 19.1 Å². The number of esters is 1. The zero-order valence-electron chi connectivity index (χ0n) is 15.2. The van der Waals surface area contributed by atoms with E-state index in [1.54, 1.807) is 25.1 Å². The van der Waals surface area contributed by atoms with Gasteiger partial charge in [-0.2, -0.15) is 0 Å². The summed E-state index contributed by atoms with van der Waals surface area (Å²) in [4.78, 5) is 16.8. The van der Waals surface area contributed by atoms with Gasteiger partial charge in [0, 0.05) is 18.0 Å². The molecule has 0 aliphatic carbocycles. The van der Waals surface area contributed by atoms with Crippen LogP contribution in [0.3, 0.4) is 0 Å². The fraction of sp³-hybridized carbons (Fsp3) is 0.412. The summed E-state index contributed by atoms with van der Waals surface area (Å²) in [5.74, 6) is 1.13. The molecule has 10 heteroatoms. The Balaban J connectivity index is 0.00000364. The van der Waals surface area contributed by atoms with Gasteiger partial charge in [-0.25, -0.2) is 9.79 Å². The van der Waals surface area contributed by atoms with E-state index in [2.05, 4.69) is 15.6 Å². The largest absolute Gasteiger partial charge is 0.465 e. The van der Waals surface area contributed by atoms with E-state index in [0.717, 1.165) is 4.88 Å². The first-order valence-electron chi connectivity index (χ1n) is 8.07. The average Bonchev–Trinajstić information content (AvgIpc) is 3.22. The number of hydrogen-bond acceptors (Lipinski definition) is 6. The van der Waals surface area contributed by atoms with Gasteiger partial charge < -0.3 is 24.9 Å². The van der Waals surface area contributed by atoms with Crippen LogP contribution < -0.4 is 10.6 Å². The van der Waals surface area contributed by atoms with Crippen molar-refractivity contribution in [3.8, 4) is 0 Å². The third-order valence-corrected chi connectivity index (χ3v) is 4.83. The molecule has 0 fully saturated rings. The molecule has 150 valence electrons. The second kappa shape index (κ2) is 11.5. The highest BCUT2D eigenvalue weighted by Gasteiger charge is 2.15. The third-order valence-electron chi connectivity index (χ3n) is 3.50. The minimum atomic E-state index is -0.687. The first kappa shape index (κ1) is 23.7. The van der Waals surface area contributed by atoms with Crippen molar-refractivity contribution in [2.75, 3.05) is 20.2 Å². The van der Waals surface area contributed by atoms with Gasteiger partial charge in [0.05, 0.1) is 11.4 Å². The number of nitrogens with one attached hydrogen (secondary N) is 2. The SMILES string of the molecule is CCNC(=NCc1cc(C(=O)OC)c(C)o1)NCC(O)c1ccc(Cl)s1.I. The molecule has 0 radical (unpaired) electrons. The summed E-state index contributed by atoms with van der Waals surface area (Å²) in [6.07, 6.45) is -0.687. The lowest BCUT2D eigenvalue weighted by atomic mass is 10.2. The summed E-state index contributed by atoms with van der Waals surface area (Å²) in [6.45, 7) is 4.84. The van der Waals surface area contributed by atoms with E-state index in [4.69, 9.17) is 20.8 Å². The van der Waals surface area contributed by atoms with Crippen LogP contribution in [-0.2, 0) is 11.3 Å². The molecule has 2 aromatic heterocycles. The third kappa shape index (κ3) is 6.98. The molecule has 0 bridgehead atoms. The highest BCUT2D eigenvalue weighted by Crippen LogP contribution is 2.26. The summed E-state index contributed by atoms with van der Waals surface area (Å²) in [7, 11) is 1.33. The number of carbonyl (C=O) groups is 1. The van der Waals surface area contributed by atoms with Gasteiger partial charge in [-0.05, 0) is 32.0 Å². The zero-order valence-corrected chi connectivity index (χ0v) is 19.1. The van der Waals surface area contributed by atoms with Crippen molar-refractivity contribution in [1.29, 1.82) is 0 Å². The molecular weight excluding hydrogens is 505 g/mol. The normalized spacial score (nSPS) is 12.3. The summed E-state index contributed by atoms with van der Waals surface area (Å²) >= 11 is 7.23. The van der Waals surface area contributed by atoms with Gasteiger partial charge in [0.15, 0.2) is 5.96 Å². The van der Waals surface area contributed by atoms with E-state index in [1.807, 2.05) is 6.92 Å². The lowest BCUT2D eigenvalue weighted by Gasteiger charge is -2.14. The monoisotopic (exact) mass is 527 g/mol. The first-order chi connectivity index (χ1) is 12.4. The highest BCUT2D eigenvalue weighted by molar-refractivity contribution is 14.0. The topological polar surface area (TPSA) is 96.1 Å². The Bertz CT molecular complexity index is 778. The van der Waals surface area contributed by atoms with Crippen LogP contribution in [0.4, 0.5) is 0 Å². The Labute approximate surface area is 184 Å². The molecule has 0 spiro atoms. The molecule has 0 saturated heterocycles. The molecule has 2 aromatic rings. The van der Waals surface area contributed by atoms with E-state index in [1.165, 1.54) is 18.4 Å². The van der Waals surface area contributed by atoms with Crippen molar-refractivity contribution >= 4 is 58.8 Å². The summed E-state index contributed by atoms with van der Waals surface area (Å²) in [5, 5.41) is 16.4. The van der Waals surface area contributed by atoms with Crippen LogP contribution in [0.25, 0.3) is 0 Å². The number of furan rings is 1. The van der Waals surface area contributed by atoms with Crippen LogP contribution in [0.2, 0.25) is 4.34 Å². The molecule has 0 amide bonds. The molecule has 0 aliphatic rings. The van der Waals surface area contributed by atoms with Crippen LogP contribution in [0.5, 0.6) is 0 Å². The summed E-state index contributed by atoms with van der Waals surface area (Å²) in [5.41, 5.74) is 0.389. The number of guanidine groups is 1. The van der Waals surface area contributed by atoms with Crippen LogP contribution in [-0.4, -0.2) is 37.2 Å². The van der Waals surface area contributed by atoms with Crippen molar-refractivity contribution in [2.45, 2.75) is 26.5 Å². The lowest BCUT2D eigenvalue weighted by Crippen LogP contribution is -2.39. The molecule has 1 unspecified atom stereocenters. The summed E-state index contributed by atoms with van der Waals surface area (Å²) < 4.78 is 10.9. The highest BCUT2D eigenvalue weighted by atomic mass is 127. The smallest absolute Gasteiger partial charge is 0.341 e. The number of hydrogen-bond donors (Lipinski definition) is 3. The van der Waals surface area contributed by atoms with Crippen LogP contribution in [0, 0.1) is 6.92 Å². The predicted octanol–water partition coefficient (Wildman–Crippen LogP) is 3.50. The number of halogens is 2. The quantitative estimate of drug-likeness (QED) is 0.221. The van der Waals surface area contributed by atoms with Crippen molar-refractivity contribution in [3.05, 3.63) is 44.5 Å². The number of aliphatic hydroxyl groups excluding tert-OH is 1. The van der Waals surface area contributed by atoms with Crippen molar-refractivity contribution in [2.24, 2.45) is 4.99 Å². The maximum Gasteiger partial charge on any atom is 0.341 e. The van der Waals surface area contributed by atoms with Gasteiger partial charge in [0.1, 0.15) is 29.7 Å². The summed E-state index contributed by atoms with van der Waals surface area (Å²) in [6, 6.07) is 5.17. The van der Waals surface area contributed by atoms with Crippen molar-refractivity contribution in [1.82, 2.24) is 10.6 Å². The number of thiophene rings is 1. The van der Waals surface area contributed by atoms with E-state index >= 15 is 0 Å². The molecular formula is C17H23ClIN3O4S. The molecule has 27 heavy (non-hydrogen) atoms. The second-order valence-electron chi connectivity index (χ2n) is 5.41. The van der Waals surface area contributed by atoms with Gasteiger partial charge in [-0.3, -0.25) is 0 Å². The molecule has 2 rings (SSSR count). The molecule has 7 nitrogen and oxygen atoms in total. The Kier molecular flexibility index (Phi) is 10.1. The van der Waals surface area contributed by atoms with Gasteiger partial charge >= 0.3 is 5.97 Å². The number of aliphatic hydroxyl groups is 1. The molecule has 0 aliphatic heterocycles. The molecule has 0 saturated carbocycles. The van der Waals surface area contributed by atoms with E-state index in [0.29, 0.717) is 33.9 Å². The van der Waals surface area contributed by atoms with Gasteiger partial charge in [-0.1, -0.05) is 11.6 Å². The zero-order chi connectivity index (χ0) is 19.1. The maximum absolute atomic E-state index is 11.6. The van der Waals surface area contributed by atoms with Crippen molar-refractivity contribution in [3.63, 3.8) is 0 Å². The van der Waals surface area contributed by atoms with Crippen LogP contribution in [0.15, 0.2) is 27.6 Å². The number of methoxy groups -OCH3 is 1. The number of carbonyl (C=O) groups excluding carboxylic acids is 1. The Hall–Kier alpha value is -1.30. The van der Waals surface area contributed by atoms with Gasteiger partial charge in [0.2, 0.25) is 0 Å². The number of aryl methyl sites for hydroxylation is 1. The maximum atomic E-state index is 11.6. The lowest BCUT2D eigenvalue weighted by molar-refractivity contribution is 0.0599. The molecule has 1 atom stereocenters. The fourth-order valence-corrected chi connectivity index (χ4v) is 3.28. The Morgan fingerprint density at radius 2 is 2.19 bits per heavy atom. The standard InChI is InChI=1S/C17H22ClN3O4S.HI/c1-4-19-17(21-9-13(22)14-5-6-15(18)26-14)20-8-11-7-12(10(2)25-11)16(23)24-3;/h5-7,13,22H,4,8-9H2,1-3H3,(H2,19,20,21);1H. The van der Waals surface area contributed by atoms with Gasteiger partial charge in [0.25, 0.3) is 0 Å². The minimum Gasteiger partial charge on any atom is -0.465 e. The van der Waals surface area contributed by atoms with E-state index < -0.39 is 12.1 Å². The number of ether oxygens (including phenoxy) is 1. The molecule has 3 N–H and O–H groups in total. The van der Waals surface area contributed by atoms with Crippen LogP contribution >= 0.6 is 46.9 Å². The Morgan fingerprint density at radius 3 is 2.78 bits per heavy atom. The average molecular weight is 528 g/mol. The molecule has 0 aromatic carbocycles. The molecule has 2 heterocycles.